The van der Waals surface area contributed by atoms with Crippen LogP contribution in [0.4, 0.5) is 23.0 Å². The molecular weight excluding hydrogens is 372 g/mol. The van der Waals surface area contributed by atoms with Crippen LogP contribution in [0.2, 0.25) is 0 Å². The van der Waals surface area contributed by atoms with Crippen LogP contribution in [-0.4, -0.2) is 20.8 Å². The zero-order valence-electron chi connectivity index (χ0n) is 16.0. The maximum atomic E-state index is 12.1. The Morgan fingerprint density at radius 1 is 1.03 bits per heavy atom. The monoisotopic (exact) mass is 392 g/mol. The smallest absolute Gasteiger partial charge is 0.334 e. The van der Waals surface area contributed by atoms with E-state index in [0.717, 1.165) is 16.7 Å². The van der Waals surface area contributed by atoms with Crippen LogP contribution < -0.4 is 16.2 Å². The maximum Gasteiger partial charge on any atom is 0.355 e. The first kappa shape index (κ1) is 19.7. The molecule has 0 bridgehead atoms. The van der Waals surface area contributed by atoms with Crippen molar-refractivity contribution >= 4 is 28.9 Å². The van der Waals surface area contributed by atoms with Gasteiger partial charge in [-0.3, -0.25) is 25.8 Å². The molecule has 1 amide bonds. The molecule has 148 valence electrons. The number of anilines is 3. The Morgan fingerprint density at radius 2 is 1.76 bits per heavy atom. The Hall–Kier alpha value is -4.01. The third-order valence-electron chi connectivity index (χ3n) is 4.30. The van der Waals surface area contributed by atoms with Gasteiger partial charge in [0.1, 0.15) is 6.33 Å². The summed E-state index contributed by atoms with van der Waals surface area (Å²) in [5, 5.41) is 14.6. The number of hydrogen-bond donors (Lipinski definition) is 3. The van der Waals surface area contributed by atoms with Gasteiger partial charge in [0.05, 0.1) is 11.3 Å². The van der Waals surface area contributed by atoms with Crippen LogP contribution in [0.5, 0.6) is 0 Å². The Kier molecular flexibility index (Phi) is 5.98. The van der Waals surface area contributed by atoms with E-state index in [4.69, 9.17) is 0 Å². The van der Waals surface area contributed by atoms with Crippen molar-refractivity contribution in [1.82, 2.24) is 15.4 Å². The molecule has 0 radical (unpaired) electrons. The fourth-order valence-corrected chi connectivity index (χ4v) is 2.64. The van der Waals surface area contributed by atoms with E-state index in [1.54, 1.807) is 0 Å². The van der Waals surface area contributed by atoms with Crippen molar-refractivity contribution in [2.75, 3.05) is 10.7 Å². The first-order chi connectivity index (χ1) is 13.9. The number of aryl methyl sites for hydroxylation is 2. The summed E-state index contributed by atoms with van der Waals surface area (Å²) < 4.78 is 0. The topological polar surface area (TPSA) is 122 Å². The van der Waals surface area contributed by atoms with Gasteiger partial charge >= 0.3 is 5.69 Å². The second kappa shape index (κ2) is 8.79. The van der Waals surface area contributed by atoms with E-state index in [1.165, 1.54) is 6.33 Å². The third-order valence-corrected chi connectivity index (χ3v) is 4.30. The van der Waals surface area contributed by atoms with E-state index in [9.17, 15) is 14.9 Å². The lowest BCUT2D eigenvalue weighted by atomic mass is 10.1. The van der Waals surface area contributed by atoms with Crippen LogP contribution in [0.15, 0.2) is 54.9 Å². The maximum absolute atomic E-state index is 12.1. The van der Waals surface area contributed by atoms with Crippen LogP contribution in [-0.2, 0) is 11.2 Å². The van der Waals surface area contributed by atoms with E-state index >= 15 is 0 Å². The van der Waals surface area contributed by atoms with Gasteiger partial charge in [0.15, 0.2) is 0 Å². The highest BCUT2D eigenvalue weighted by Gasteiger charge is 2.23. The number of nitrogens with one attached hydrogen (secondary N) is 3. The van der Waals surface area contributed by atoms with Gasteiger partial charge in [-0.25, -0.2) is 9.97 Å². The highest BCUT2D eigenvalue weighted by atomic mass is 16.6. The molecule has 1 aromatic heterocycles. The number of nitrogens with zero attached hydrogens (tertiary/aromatic N) is 3. The summed E-state index contributed by atoms with van der Waals surface area (Å²) in [7, 11) is 0. The highest BCUT2D eigenvalue weighted by Crippen LogP contribution is 2.31. The molecule has 0 saturated heterocycles. The largest absolute Gasteiger partial charge is 0.355 e. The summed E-state index contributed by atoms with van der Waals surface area (Å²) in [5.41, 5.74) is 8.23. The molecule has 3 aromatic rings. The van der Waals surface area contributed by atoms with Gasteiger partial charge in [0.25, 0.3) is 0 Å². The molecule has 9 nitrogen and oxygen atoms in total. The van der Waals surface area contributed by atoms with Gasteiger partial charge in [-0.05, 0) is 42.7 Å². The summed E-state index contributed by atoms with van der Waals surface area (Å²) in [5.74, 6) is -0.446. The van der Waals surface area contributed by atoms with Crippen molar-refractivity contribution in [3.8, 4) is 0 Å². The Labute approximate surface area is 167 Å². The number of carbonyl (C=O) groups excluding carboxylic acids is 1. The van der Waals surface area contributed by atoms with Crippen molar-refractivity contribution < 1.29 is 9.72 Å². The minimum atomic E-state index is -0.602. The standard InChI is InChI=1S/C20H20N6O3/c1-13-8-9-16(10-14(13)2)23-19-18(26(28)29)20(22-12-21-19)25-24-17(27)11-15-6-4-3-5-7-15/h3-10,12H,11H2,1-2H3,(H,24,27)(H2,21,22,23,25). The Balaban J connectivity index is 1.76. The first-order valence-electron chi connectivity index (χ1n) is 8.86. The minimum absolute atomic E-state index is 0.0214. The predicted octanol–water partition coefficient (Wildman–Crippen LogP) is 3.43. The fraction of sp³-hybridized carbons (Fsp3) is 0.150. The number of benzene rings is 2. The molecule has 0 aliphatic rings. The number of hydrazine groups is 1. The van der Waals surface area contributed by atoms with E-state index in [0.29, 0.717) is 5.69 Å². The summed E-state index contributed by atoms with van der Waals surface area (Å²) in [4.78, 5) is 31.0. The van der Waals surface area contributed by atoms with Gasteiger partial charge in [-0.1, -0.05) is 36.4 Å². The number of amides is 1. The first-order valence-corrected chi connectivity index (χ1v) is 8.86. The highest BCUT2D eigenvalue weighted by molar-refractivity contribution is 5.81. The molecule has 0 aliphatic heterocycles. The quantitative estimate of drug-likeness (QED) is 0.416. The van der Waals surface area contributed by atoms with Crippen LogP contribution in [0.25, 0.3) is 0 Å². The van der Waals surface area contributed by atoms with Crippen molar-refractivity contribution in [2.24, 2.45) is 0 Å². The SMILES string of the molecule is Cc1ccc(Nc2ncnc(NNC(=O)Cc3ccccc3)c2[N+](=O)[O-])cc1C. The van der Waals surface area contributed by atoms with Crippen LogP contribution in [0, 0.1) is 24.0 Å². The molecule has 0 aliphatic carbocycles. The molecule has 3 N–H and O–H groups in total. The Bertz CT molecular complexity index is 1040. The van der Waals surface area contributed by atoms with Crippen molar-refractivity contribution in [3.05, 3.63) is 81.7 Å². The Morgan fingerprint density at radius 3 is 2.45 bits per heavy atom. The van der Waals surface area contributed by atoms with E-state index in [1.807, 2.05) is 62.4 Å². The number of aromatic nitrogens is 2. The van der Waals surface area contributed by atoms with Crippen molar-refractivity contribution in [2.45, 2.75) is 20.3 Å². The average molecular weight is 392 g/mol. The fourth-order valence-electron chi connectivity index (χ4n) is 2.64. The minimum Gasteiger partial charge on any atom is -0.334 e. The van der Waals surface area contributed by atoms with Gasteiger partial charge in [-0.2, -0.15) is 0 Å². The molecule has 29 heavy (non-hydrogen) atoms. The molecule has 0 spiro atoms. The van der Waals surface area contributed by atoms with Gasteiger partial charge in [-0.15, -0.1) is 0 Å². The van der Waals surface area contributed by atoms with E-state index < -0.39 is 4.92 Å². The van der Waals surface area contributed by atoms with Gasteiger partial charge < -0.3 is 5.32 Å². The second-order valence-corrected chi connectivity index (χ2v) is 6.44. The van der Waals surface area contributed by atoms with E-state index in [-0.39, 0.29) is 29.7 Å². The molecule has 0 atom stereocenters. The molecule has 2 aromatic carbocycles. The van der Waals surface area contributed by atoms with Crippen molar-refractivity contribution in [3.63, 3.8) is 0 Å². The summed E-state index contributed by atoms with van der Waals surface area (Å²) >= 11 is 0. The summed E-state index contributed by atoms with van der Waals surface area (Å²) in [6.07, 6.45) is 1.31. The van der Waals surface area contributed by atoms with Gasteiger partial charge in [0, 0.05) is 5.69 Å². The zero-order valence-corrected chi connectivity index (χ0v) is 16.0. The van der Waals surface area contributed by atoms with Crippen LogP contribution >= 0.6 is 0 Å². The van der Waals surface area contributed by atoms with Gasteiger partial charge in [0.2, 0.25) is 17.5 Å². The lowest BCUT2D eigenvalue weighted by Gasteiger charge is -2.11. The van der Waals surface area contributed by atoms with Crippen molar-refractivity contribution in [1.29, 1.82) is 0 Å². The molecule has 3 rings (SSSR count). The normalized spacial score (nSPS) is 10.3. The lowest BCUT2D eigenvalue weighted by molar-refractivity contribution is -0.383. The summed E-state index contributed by atoms with van der Waals surface area (Å²) in [6.45, 7) is 3.93. The lowest BCUT2D eigenvalue weighted by Crippen LogP contribution is -2.31. The zero-order chi connectivity index (χ0) is 20.8. The number of nitro groups is 1. The number of rotatable bonds is 7. The van der Waals surface area contributed by atoms with E-state index in [2.05, 4.69) is 26.1 Å². The molecule has 0 saturated carbocycles. The summed E-state index contributed by atoms with van der Waals surface area (Å²) in [6, 6.07) is 14.7. The molecular formula is C20H20N6O3. The second-order valence-electron chi connectivity index (χ2n) is 6.44. The number of hydrogen-bond acceptors (Lipinski definition) is 7. The number of carbonyl (C=O) groups is 1. The molecule has 0 unspecified atom stereocenters. The molecule has 9 heteroatoms. The average Bonchev–Trinajstić information content (AvgIpc) is 2.70. The van der Waals surface area contributed by atoms with Crippen LogP contribution in [0.1, 0.15) is 16.7 Å². The third kappa shape index (κ3) is 5.04. The molecule has 1 heterocycles. The predicted molar refractivity (Wildman–Crippen MR) is 110 cm³/mol. The molecule has 0 fully saturated rings. The van der Waals surface area contributed by atoms with Crippen LogP contribution in [0.3, 0.4) is 0 Å².